The molecule has 6 heteroatoms. The molecule has 1 heterocycles. The number of nitrogens with zero attached hydrogens (tertiary/aromatic N) is 3. The van der Waals surface area contributed by atoms with E-state index in [1.165, 1.54) is 12.8 Å². The van der Waals surface area contributed by atoms with E-state index in [1.54, 1.807) is 6.20 Å². The summed E-state index contributed by atoms with van der Waals surface area (Å²) in [6.45, 7) is 4.24. The summed E-state index contributed by atoms with van der Waals surface area (Å²) in [5, 5.41) is 3.48. The average Bonchev–Trinajstić information content (AvgIpc) is 3.17. The topological polar surface area (TPSA) is 50.3 Å². The van der Waals surface area contributed by atoms with Gasteiger partial charge in [-0.25, -0.2) is 4.98 Å². The molecule has 1 aromatic heterocycles. The maximum Gasteiger partial charge on any atom is 0.237 e. The first kappa shape index (κ1) is 13.4. The van der Waals surface area contributed by atoms with Crippen molar-refractivity contribution in [1.29, 1.82) is 0 Å². The van der Waals surface area contributed by atoms with Crippen LogP contribution in [0.4, 0.5) is 5.95 Å². The zero-order chi connectivity index (χ0) is 13.0. The van der Waals surface area contributed by atoms with E-state index in [2.05, 4.69) is 27.2 Å². The SMILES string of the molecule is CCNc1ncc(Cl)c(OCCN(C)C2CC2)n1. The molecule has 0 saturated heterocycles. The minimum Gasteiger partial charge on any atom is -0.475 e. The molecule has 18 heavy (non-hydrogen) atoms. The summed E-state index contributed by atoms with van der Waals surface area (Å²) < 4.78 is 5.61. The number of halogens is 1. The van der Waals surface area contributed by atoms with Crippen LogP contribution in [0.5, 0.6) is 5.88 Å². The first-order valence-electron chi connectivity index (χ1n) is 6.30. The summed E-state index contributed by atoms with van der Waals surface area (Å²) in [5.74, 6) is 0.999. The lowest BCUT2D eigenvalue weighted by atomic mass is 10.5. The minimum atomic E-state index is 0.450. The van der Waals surface area contributed by atoms with Crippen LogP contribution in [0.2, 0.25) is 5.02 Å². The van der Waals surface area contributed by atoms with Crippen LogP contribution < -0.4 is 10.1 Å². The van der Waals surface area contributed by atoms with Gasteiger partial charge in [0.2, 0.25) is 11.8 Å². The highest BCUT2D eigenvalue weighted by Crippen LogP contribution is 2.25. The lowest BCUT2D eigenvalue weighted by Gasteiger charge is -2.16. The van der Waals surface area contributed by atoms with Crippen LogP contribution >= 0.6 is 11.6 Å². The molecule has 1 saturated carbocycles. The second-order valence-electron chi connectivity index (χ2n) is 4.44. The molecule has 0 spiro atoms. The van der Waals surface area contributed by atoms with Crippen LogP contribution in [0.15, 0.2) is 6.20 Å². The number of nitrogens with one attached hydrogen (secondary N) is 1. The number of ether oxygens (including phenoxy) is 1. The molecule has 0 aromatic carbocycles. The summed E-state index contributed by atoms with van der Waals surface area (Å²) >= 11 is 6.00. The molecule has 1 N–H and O–H groups in total. The van der Waals surface area contributed by atoms with Gasteiger partial charge in [-0.15, -0.1) is 0 Å². The van der Waals surface area contributed by atoms with Gasteiger partial charge >= 0.3 is 0 Å². The molecule has 2 rings (SSSR count). The van der Waals surface area contributed by atoms with Crippen molar-refractivity contribution < 1.29 is 4.74 Å². The molecule has 1 aliphatic rings. The molecule has 1 fully saturated rings. The van der Waals surface area contributed by atoms with Crippen molar-refractivity contribution in [1.82, 2.24) is 14.9 Å². The number of hydrogen-bond acceptors (Lipinski definition) is 5. The first-order valence-corrected chi connectivity index (χ1v) is 6.68. The number of aromatic nitrogens is 2. The zero-order valence-corrected chi connectivity index (χ0v) is 11.6. The molecule has 100 valence electrons. The summed E-state index contributed by atoms with van der Waals surface area (Å²) in [5.41, 5.74) is 0. The fraction of sp³-hybridized carbons (Fsp3) is 0.667. The molecule has 0 unspecified atom stereocenters. The Morgan fingerprint density at radius 1 is 1.56 bits per heavy atom. The molecule has 0 atom stereocenters. The van der Waals surface area contributed by atoms with E-state index < -0.39 is 0 Å². The monoisotopic (exact) mass is 270 g/mol. The second-order valence-corrected chi connectivity index (χ2v) is 4.84. The van der Waals surface area contributed by atoms with E-state index in [0.717, 1.165) is 19.1 Å². The van der Waals surface area contributed by atoms with Gasteiger partial charge in [-0.2, -0.15) is 4.98 Å². The normalized spacial score (nSPS) is 14.9. The van der Waals surface area contributed by atoms with Crippen LogP contribution in [-0.2, 0) is 0 Å². The molecule has 0 aliphatic heterocycles. The predicted molar refractivity (Wildman–Crippen MR) is 72.4 cm³/mol. The maximum atomic E-state index is 6.00. The van der Waals surface area contributed by atoms with Crippen LogP contribution in [0.25, 0.3) is 0 Å². The Kier molecular flexibility index (Phi) is 4.60. The highest BCUT2D eigenvalue weighted by Gasteiger charge is 2.25. The molecule has 1 aromatic rings. The van der Waals surface area contributed by atoms with Crippen LogP contribution in [-0.4, -0.2) is 47.7 Å². The Balaban J connectivity index is 1.84. The van der Waals surface area contributed by atoms with Gasteiger partial charge in [0.1, 0.15) is 11.6 Å². The quantitative estimate of drug-likeness (QED) is 0.822. The zero-order valence-electron chi connectivity index (χ0n) is 10.8. The Morgan fingerprint density at radius 3 is 3.00 bits per heavy atom. The highest BCUT2D eigenvalue weighted by molar-refractivity contribution is 6.31. The first-order chi connectivity index (χ1) is 8.70. The summed E-state index contributed by atoms with van der Waals surface area (Å²) in [7, 11) is 2.12. The standard InChI is InChI=1S/C12H19ClN4O/c1-3-14-12-15-8-10(13)11(16-12)18-7-6-17(2)9-4-5-9/h8-9H,3-7H2,1-2H3,(H,14,15,16). The predicted octanol–water partition coefficient (Wildman–Crippen LogP) is 2.03. The smallest absolute Gasteiger partial charge is 0.237 e. The summed E-state index contributed by atoms with van der Waals surface area (Å²) in [4.78, 5) is 10.6. The Hall–Kier alpha value is -1.07. The van der Waals surface area contributed by atoms with Gasteiger partial charge in [-0.05, 0) is 26.8 Å². The molecule has 0 amide bonds. The van der Waals surface area contributed by atoms with Crippen LogP contribution in [0, 0.1) is 0 Å². The number of likely N-dealkylation sites (N-methyl/N-ethyl adjacent to an activating group) is 1. The molecule has 0 radical (unpaired) electrons. The summed E-state index contributed by atoms with van der Waals surface area (Å²) in [6, 6.07) is 0.742. The molecule has 1 aliphatic carbocycles. The van der Waals surface area contributed by atoms with Gasteiger partial charge in [-0.1, -0.05) is 11.6 Å². The Labute approximate surface area is 113 Å². The van der Waals surface area contributed by atoms with Gasteiger partial charge in [0.25, 0.3) is 0 Å². The van der Waals surface area contributed by atoms with Crippen molar-refractivity contribution in [2.75, 3.05) is 32.1 Å². The van der Waals surface area contributed by atoms with Crippen molar-refractivity contribution in [3.63, 3.8) is 0 Å². The molecular formula is C12H19ClN4O. The van der Waals surface area contributed by atoms with Gasteiger partial charge in [0.05, 0.1) is 6.20 Å². The van der Waals surface area contributed by atoms with E-state index in [0.29, 0.717) is 23.5 Å². The number of rotatable bonds is 7. The van der Waals surface area contributed by atoms with Crippen molar-refractivity contribution in [2.24, 2.45) is 0 Å². The lowest BCUT2D eigenvalue weighted by Crippen LogP contribution is -2.26. The largest absolute Gasteiger partial charge is 0.475 e. The van der Waals surface area contributed by atoms with E-state index in [9.17, 15) is 0 Å². The molecule has 0 bridgehead atoms. The van der Waals surface area contributed by atoms with Gasteiger partial charge < -0.3 is 15.0 Å². The van der Waals surface area contributed by atoms with Crippen molar-refractivity contribution >= 4 is 17.5 Å². The molecular weight excluding hydrogens is 252 g/mol. The Bertz CT molecular complexity index is 398. The fourth-order valence-electron chi connectivity index (χ4n) is 1.68. The second kappa shape index (κ2) is 6.20. The lowest BCUT2D eigenvalue weighted by molar-refractivity contribution is 0.226. The third kappa shape index (κ3) is 3.71. The molecule has 5 nitrogen and oxygen atoms in total. The van der Waals surface area contributed by atoms with Crippen LogP contribution in [0.1, 0.15) is 19.8 Å². The van der Waals surface area contributed by atoms with Crippen LogP contribution in [0.3, 0.4) is 0 Å². The fourth-order valence-corrected chi connectivity index (χ4v) is 1.83. The van der Waals surface area contributed by atoms with Gasteiger partial charge in [0.15, 0.2) is 0 Å². The third-order valence-corrected chi connectivity index (χ3v) is 3.16. The Morgan fingerprint density at radius 2 is 2.33 bits per heavy atom. The summed E-state index contributed by atoms with van der Waals surface area (Å²) in [6.07, 6.45) is 4.16. The maximum absolute atomic E-state index is 6.00. The van der Waals surface area contributed by atoms with E-state index in [4.69, 9.17) is 16.3 Å². The van der Waals surface area contributed by atoms with Gasteiger partial charge in [-0.3, -0.25) is 0 Å². The van der Waals surface area contributed by atoms with E-state index in [-0.39, 0.29) is 0 Å². The number of hydrogen-bond donors (Lipinski definition) is 1. The third-order valence-electron chi connectivity index (χ3n) is 2.90. The highest BCUT2D eigenvalue weighted by atomic mass is 35.5. The van der Waals surface area contributed by atoms with Crippen molar-refractivity contribution in [2.45, 2.75) is 25.8 Å². The average molecular weight is 271 g/mol. The van der Waals surface area contributed by atoms with E-state index in [1.807, 2.05) is 6.92 Å². The number of anilines is 1. The minimum absolute atomic E-state index is 0.450. The van der Waals surface area contributed by atoms with Crippen molar-refractivity contribution in [3.05, 3.63) is 11.2 Å². The van der Waals surface area contributed by atoms with Crippen molar-refractivity contribution in [3.8, 4) is 5.88 Å². The van der Waals surface area contributed by atoms with Gasteiger partial charge in [0, 0.05) is 19.1 Å². The van der Waals surface area contributed by atoms with E-state index >= 15 is 0 Å².